The molecule has 0 saturated heterocycles. The molecular formula is C15H22N4. The van der Waals surface area contributed by atoms with Crippen LogP contribution in [0, 0.1) is 5.41 Å². The molecule has 19 heavy (non-hydrogen) atoms. The maximum atomic E-state index is 5.85. The van der Waals surface area contributed by atoms with Gasteiger partial charge in [-0.05, 0) is 49.5 Å². The Morgan fingerprint density at radius 2 is 2.21 bits per heavy atom. The molecule has 1 aromatic carbocycles. The molecule has 1 aliphatic carbocycles. The van der Waals surface area contributed by atoms with Crippen LogP contribution in [0.2, 0.25) is 0 Å². The van der Waals surface area contributed by atoms with Crippen molar-refractivity contribution >= 4 is 11.0 Å². The van der Waals surface area contributed by atoms with Gasteiger partial charge in [-0.1, -0.05) is 6.07 Å². The van der Waals surface area contributed by atoms with Gasteiger partial charge in [0.15, 0.2) is 0 Å². The van der Waals surface area contributed by atoms with E-state index in [1.165, 1.54) is 23.9 Å². The predicted molar refractivity (Wildman–Crippen MR) is 77.8 cm³/mol. The maximum absolute atomic E-state index is 5.85. The van der Waals surface area contributed by atoms with Crippen molar-refractivity contribution in [2.75, 3.05) is 20.1 Å². The van der Waals surface area contributed by atoms with Crippen LogP contribution < -0.4 is 5.73 Å². The molecule has 0 radical (unpaired) electrons. The summed E-state index contributed by atoms with van der Waals surface area (Å²) in [5.74, 6) is 0. The summed E-state index contributed by atoms with van der Waals surface area (Å²) >= 11 is 0. The number of hydrogen-bond donors (Lipinski definition) is 1. The average Bonchev–Trinajstić information content (AvgIpc) is 3.07. The van der Waals surface area contributed by atoms with Crippen LogP contribution >= 0.6 is 0 Å². The van der Waals surface area contributed by atoms with Gasteiger partial charge >= 0.3 is 0 Å². The maximum Gasteiger partial charge on any atom is 0.0955 e. The van der Waals surface area contributed by atoms with Crippen LogP contribution in [0.1, 0.15) is 18.4 Å². The average molecular weight is 258 g/mol. The first-order chi connectivity index (χ1) is 9.12. The van der Waals surface area contributed by atoms with E-state index < -0.39 is 0 Å². The van der Waals surface area contributed by atoms with Gasteiger partial charge in [-0.3, -0.25) is 0 Å². The molecule has 1 heterocycles. The fraction of sp³-hybridized carbons (Fsp3) is 0.533. The number of nitrogens with zero attached hydrogens (tertiary/aromatic N) is 3. The van der Waals surface area contributed by atoms with Crippen molar-refractivity contribution in [2.45, 2.75) is 19.4 Å². The molecule has 0 atom stereocenters. The topological polar surface area (TPSA) is 47.1 Å². The summed E-state index contributed by atoms with van der Waals surface area (Å²) in [5, 5.41) is 0. The quantitative estimate of drug-likeness (QED) is 0.888. The predicted octanol–water partition coefficient (Wildman–Crippen LogP) is 1.74. The van der Waals surface area contributed by atoms with Crippen molar-refractivity contribution < 1.29 is 0 Å². The number of nitrogens with two attached hydrogens (primary N) is 1. The zero-order valence-corrected chi connectivity index (χ0v) is 11.8. The number of benzene rings is 1. The highest BCUT2D eigenvalue weighted by molar-refractivity contribution is 5.75. The van der Waals surface area contributed by atoms with Gasteiger partial charge in [-0.25, -0.2) is 4.98 Å². The second kappa shape index (κ2) is 4.62. The van der Waals surface area contributed by atoms with Gasteiger partial charge < -0.3 is 15.2 Å². The van der Waals surface area contributed by atoms with E-state index in [-0.39, 0.29) is 0 Å². The van der Waals surface area contributed by atoms with Crippen LogP contribution in [-0.2, 0) is 13.6 Å². The summed E-state index contributed by atoms with van der Waals surface area (Å²) in [4.78, 5) is 6.79. The van der Waals surface area contributed by atoms with Crippen LogP contribution in [0.3, 0.4) is 0 Å². The number of rotatable bonds is 5. The van der Waals surface area contributed by atoms with Crippen molar-refractivity contribution in [2.24, 2.45) is 18.2 Å². The normalized spacial score (nSPS) is 17.3. The smallest absolute Gasteiger partial charge is 0.0955 e. The van der Waals surface area contributed by atoms with E-state index in [9.17, 15) is 0 Å². The molecule has 102 valence electrons. The summed E-state index contributed by atoms with van der Waals surface area (Å²) in [6.45, 7) is 2.88. The Labute approximate surface area is 114 Å². The van der Waals surface area contributed by atoms with Crippen LogP contribution in [0.25, 0.3) is 11.0 Å². The Morgan fingerprint density at radius 3 is 2.89 bits per heavy atom. The van der Waals surface area contributed by atoms with Crippen LogP contribution in [0.4, 0.5) is 0 Å². The Bertz CT molecular complexity index is 583. The number of fused-ring (bicyclic) bond motifs is 1. The van der Waals surface area contributed by atoms with E-state index in [4.69, 9.17) is 5.73 Å². The first kappa shape index (κ1) is 12.6. The van der Waals surface area contributed by atoms with Gasteiger partial charge in [0.2, 0.25) is 0 Å². The molecule has 0 amide bonds. The zero-order valence-electron chi connectivity index (χ0n) is 11.8. The van der Waals surface area contributed by atoms with Crippen LogP contribution in [0.5, 0.6) is 0 Å². The summed E-state index contributed by atoms with van der Waals surface area (Å²) in [6, 6.07) is 6.54. The van der Waals surface area contributed by atoms with Crippen molar-refractivity contribution in [3.63, 3.8) is 0 Å². The van der Waals surface area contributed by atoms with Crippen molar-refractivity contribution in [3.8, 4) is 0 Å². The Hall–Kier alpha value is -1.39. The lowest BCUT2D eigenvalue weighted by Gasteiger charge is -2.22. The minimum absolute atomic E-state index is 0.407. The third kappa shape index (κ3) is 2.51. The van der Waals surface area contributed by atoms with E-state index in [2.05, 4.69) is 39.7 Å². The second-order valence-electron chi connectivity index (χ2n) is 6.05. The molecule has 1 aliphatic rings. The van der Waals surface area contributed by atoms with Crippen molar-refractivity contribution in [1.82, 2.24) is 14.5 Å². The van der Waals surface area contributed by atoms with Gasteiger partial charge in [0.05, 0.1) is 17.4 Å². The van der Waals surface area contributed by atoms with Crippen LogP contribution in [0.15, 0.2) is 24.5 Å². The summed E-state index contributed by atoms with van der Waals surface area (Å²) in [6.07, 6.45) is 4.44. The van der Waals surface area contributed by atoms with Crippen molar-refractivity contribution in [1.29, 1.82) is 0 Å². The van der Waals surface area contributed by atoms with E-state index >= 15 is 0 Å². The standard InChI is InChI=1S/C15H22N4/c1-18(10-15(9-16)5-6-15)8-12-3-4-14-13(7-12)17-11-19(14)2/h3-4,7,11H,5-6,8-10,16H2,1-2H3. The molecule has 0 bridgehead atoms. The third-order valence-corrected chi connectivity index (χ3v) is 4.24. The van der Waals surface area contributed by atoms with Gasteiger partial charge in [-0.2, -0.15) is 0 Å². The van der Waals surface area contributed by atoms with Crippen molar-refractivity contribution in [3.05, 3.63) is 30.1 Å². The highest BCUT2D eigenvalue weighted by Gasteiger charge is 2.41. The van der Waals surface area contributed by atoms with E-state index in [1.54, 1.807) is 0 Å². The summed E-state index contributed by atoms with van der Waals surface area (Å²) < 4.78 is 2.05. The highest BCUT2D eigenvalue weighted by Crippen LogP contribution is 2.45. The molecule has 1 aromatic heterocycles. The lowest BCUT2D eigenvalue weighted by Crippen LogP contribution is -2.31. The third-order valence-electron chi connectivity index (χ3n) is 4.24. The monoisotopic (exact) mass is 258 g/mol. The first-order valence-corrected chi connectivity index (χ1v) is 6.90. The molecule has 4 heteroatoms. The van der Waals surface area contributed by atoms with E-state index in [1.807, 2.05) is 13.4 Å². The molecule has 1 saturated carbocycles. The van der Waals surface area contributed by atoms with Gasteiger partial charge in [0.25, 0.3) is 0 Å². The molecule has 0 spiro atoms. The fourth-order valence-corrected chi connectivity index (χ4v) is 2.82. The number of aromatic nitrogens is 2. The van der Waals surface area contributed by atoms with E-state index in [0.29, 0.717) is 5.41 Å². The highest BCUT2D eigenvalue weighted by atomic mass is 15.1. The summed E-state index contributed by atoms with van der Waals surface area (Å²) in [7, 11) is 4.21. The SMILES string of the molecule is CN(Cc1ccc2c(c1)ncn2C)CC1(CN)CC1. The Kier molecular flexibility index (Phi) is 3.07. The molecule has 2 N–H and O–H groups in total. The zero-order chi connectivity index (χ0) is 13.5. The number of aryl methyl sites for hydroxylation is 1. The largest absolute Gasteiger partial charge is 0.334 e. The molecule has 2 aromatic rings. The number of imidazole rings is 1. The van der Waals surface area contributed by atoms with Gasteiger partial charge in [-0.15, -0.1) is 0 Å². The minimum atomic E-state index is 0.407. The second-order valence-corrected chi connectivity index (χ2v) is 6.05. The van der Waals surface area contributed by atoms with E-state index in [0.717, 1.165) is 25.2 Å². The summed E-state index contributed by atoms with van der Waals surface area (Å²) in [5.41, 5.74) is 9.84. The minimum Gasteiger partial charge on any atom is -0.334 e. The fourth-order valence-electron chi connectivity index (χ4n) is 2.82. The first-order valence-electron chi connectivity index (χ1n) is 6.90. The van der Waals surface area contributed by atoms with Crippen LogP contribution in [-0.4, -0.2) is 34.6 Å². The lowest BCUT2D eigenvalue weighted by molar-refractivity contribution is 0.259. The van der Waals surface area contributed by atoms with Gasteiger partial charge in [0, 0.05) is 20.1 Å². The molecule has 0 unspecified atom stereocenters. The molecule has 0 aliphatic heterocycles. The lowest BCUT2D eigenvalue weighted by atomic mass is 10.1. The molecule has 4 nitrogen and oxygen atoms in total. The number of hydrogen-bond acceptors (Lipinski definition) is 3. The Balaban J connectivity index is 1.70. The molecule has 3 rings (SSSR count). The van der Waals surface area contributed by atoms with Gasteiger partial charge in [0.1, 0.15) is 0 Å². The molecular weight excluding hydrogens is 236 g/mol. The molecule has 1 fully saturated rings. The Morgan fingerprint density at radius 1 is 1.42 bits per heavy atom.